The van der Waals surface area contributed by atoms with E-state index in [-0.39, 0.29) is 10.8 Å². The molecule has 0 radical (unpaired) electrons. The molecule has 9 heteroatoms. The Bertz CT molecular complexity index is 1020. The molecule has 0 unspecified atom stereocenters. The van der Waals surface area contributed by atoms with Crippen LogP contribution in [0, 0.1) is 13.8 Å². The summed E-state index contributed by atoms with van der Waals surface area (Å²) in [7, 11) is 0.821. The van der Waals surface area contributed by atoms with Crippen LogP contribution in [0.3, 0.4) is 0 Å². The maximum atomic E-state index is 12.6. The second-order valence-corrected chi connectivity index (χ2v) is 9.14. The number of carbonyl (C=O) groups excluding carboxylic acids is 1. The number of carbonyl (C=O) groups is 1. The Morgan fingerprint density at radius 2 is 1.69 bits per heavy atom. The molecule has 0 spiro atoms. The lowest BCUT2D eigenvalue weighted by atomic mass is 10.1. The van der Waals surface area contributed by atoms with Crippen molar-refractivity contribution in [3.63, 3.8) is 0 Å². The van der Waals surface area contributed by atoms with Gasteiger partial charge in [0.2, 0.25) is 10.0 Å². The van der Waals surface area contributed by atoms with Gasteiger partial charge in [-0.25, -0.2) is 13.1 Å². The molecule has 0 aromatic heterocycles. The molecule has 2 rings (SSSR count). The molecular formula is C20H25BrN2O5S. The number of methoxy groups -OCH3 is 2. The van der Waals surface area contributed by atoms with Gasteiger partial charge in [-0.05, 0) is 68.3 Å². The predicted molar refractivity (Wildman–Crippen MR) is 115 cm³/mol. The lowest BCUT2D eigenvalue weighted by molar-refractivity contribution is 0.0954. The maximum Gasteiger partial charge on any atom is 0.251 e. The third kappa shape index (κ3) is 5.29. The minimum atomic E-state index is -3.65. The third-order valence-electron chi connectivity index (χ3n) is 4.67. The van der Waals surface area contributed by atoms with E-state index in [1.165, 1.54) is 13.1 Å². The van der Waals surface area contributed by atoms with E-state index in [0.717, 1.165) is 15.6 Å². The number of hydrogen-bond donors (Lipinski definition) is 2. The van der Waals surface area contributed by atoms with E-state index >= 15 is 0 Å². The highest BCUT2D eigenvalue weighted by Gasteiger charge is 2.19. The average molecular weight is 485 g/mol. The largest absolute Gasteiger partial charge is 0.493 e. The zero-order chi connectivity index (χ0) is 21.8. The first-order chi connectivity index (χ1) is 13.6. The molecule has 0 atom stereocenters. The first kappa shape index (κ1) is 23.2. The number of ether oxygens (including phenoxy) is 2. The summed E-state index contributed by atoms with van der Waals surface area (Å²) in [4.78, 5) is 12.7. The fourth-order valence-electron chi connectivity index (χ4n) is 2.85. The maximum absolute atomic E-state index is 12.6. The summed E-state index contributed by atoms with van der Waals surface area (Å²) in [5, 5.41) is 2.84. The van der Waals surface area contributed by atoms with Crippen molar-refractivity contribution in [2.24, 2.45) is 0 Å². The Kier molecular flexibility index (Phi) is 7.67. The number of amides is 1. The molecule has 2 N–H and O–H groups in total. The monoisotopic (exact) mass is 484 g/mol. The van der Waals surface area contributed by atoms with Crippen molar-refractivity contribution in [1.29, 1.82) is 0 Å². The van der Waals surface area contributed by atoms with Gasteiger partial charge in [0.15, 0.2) is 11.5 Å². The smallest absolute Gasteiger partial charge is 0.251 e. The molecule has 0 aliphatic heterocycles. The van der Waals surface area contributed by atoms with E-state index in [0.29, 0.717) is 35.6 Å². The fourth-order valence-corrected chi connectivity index (χ4v) is 4.43. The number of hydrogen-bond acceptors (Lipinski definition) is 5. The number of sulfonamides is 1. The summed E-state index contributed by atoms with van der Waals surface area (Å²) < 4.78 is 38.2. The first-order valence-electron chi connectivity index (χ1n) is 8.88. The lowest BCUT2D eigenvalue weighted by Crippen LogP contribution is -2.27. The van der Waals surface area contributed by atoms with E-state index < -0.39 is 10.0 Å². The van der Waals surface area contributed by atoms with E-state index in [2.05, 4.69) is 26.0 Å². The number of benzene rings is 2. The van der Waals surface area contributed by atoms with E-state index in [1.807, 2.05) is 12.1 Å². The van der Waals surface area contributed by atoms with Crippen LogP contribution >= 0.6 is 15.9 Å². The van der Waals surface area contributed by atoms with Crippen molar-refractivity contribution in [3.05, 3.63) is 51.0 Å². The number of rotatable bonds is 8. The summed E-state index contributed by atoms with van der Waals surface area (Å²) in [6.07, 6.45) is 0.555. The SMILES string of the molecule is CNS(=O)(=O)c1cc(C(=O)NCCc2cc(OC)c(OC)cc2Br)cc(C)c1C. The van der Waals surface area contributed by atoms with Crippen LogP contribution in [0.4, 0.5) is 0 Å². The number of nitrogens with one attached hydrogen (secondary N) is 2. The Morgan fingerprint density at radius 3 is 2.28 bits per heavy atom. The van der Waals surface area contributed by atoms with Gasteiger partial charge in [0, 0.05) is 16.6 Å². The van der Waals surface area contributed by atoms with Crippen LogP contribution in [-0.4, -0.2) is 42.1 Å². The molecule has 1 amide bonds. The van der Waals surface area contributed by atoms with Crippen molar-refractivity contribution < 1.29 is 22.7 Å². The van der Waals surface area contributed by atoms with Gasteiger partial charge in [0.25, 0.3) is 5.91 Å². The molecule has 0 saturated heterocycles. The molecule has 0 aliphatic carbocycles. The Hall–Kier alpha value is -2.10. The van der Waals surface area contributed by atoms with E-state index in [9.17, 15) is 13.2 Å². The summed E-state index contributed by atoms with van der Waals surface area (Å²) in [5.74, 6) is 0.880. The zero-order valence-corrected chi connectivity index (χ0v) is 19.5. The van der Waals surface area contributed by atoms with Crippen molar-refractivity contribution in [1.82, 2.24) is 10.0 Å². The third-order valence-corrected chi connectivity index (χ3v) is 6.95. The molecule has 0 saturated carbocycles. The number of halogens is 1. The molecule has 2 aromatic rings. The Labute approximate surface area is 180 Å². The number of aryl methyl sites for hydroxylation is 1. The fraction of sp³-hybridized carbons (Fsp3) is 0.350. The van der Waals surface area contributed by atoms with Crippen molar-refractivity contribution >= 4 is 31.9 Å². The van der Waals surface area contributed by atoms with Gasteiger partial charge in [-0.1, -0.05) is 15.9 Å². The minimum absolute atomic E-state index is 0.104. The molecular weight excluding hydrogens is 460 g/mol. The standard InChI is InChI=1S/C20H25BrN2O5S/c1-12-8-15(10-19(13(12)2)29(25,26)22-3)20(24)23-7-6-14-9-17(27-4)18(28-5)11-16(14)21/h8-11,22H,6-7H2,1-5H3,(H,23,24). The highest BCUT2D eigenvalue weighted by molar-refractivity contribution is 9.10. The van der Waals surface area contributed by atoms with Gasteiger partial charge in [0.1, 0.15) is 0 Å². The second-order valence-electron chi connectivity index (χ2n) is 6.43. The molecule has 0 fully saturated rings. The van der Waals surface area contributed by atoms with Crippen LogP contribution in [0.25, 0.3) is 0 Å². The zero-order valence-electron chi connectivity index (χ0n) is 17.1. The molecule has 158 valence electrons. The Balaban J connectivity index is 2.17. The van der Waals surface area contributed by atoms with Crippen LogP contribution in [0.2, 0.25) is 0 Å². The predicted octanol–water partition coefficient (Wildman–Crippen LogP) is 2.96. The highest BCUT2D eigenvalue weighted by atomic mass is 79.9. The van der Waals surface area contributed by atoms with E-state index in [4.69, 9.17) is 9.47 Å². The van der Waals surface area contributed by atoms with Gasteiger partial charge in [-0.3, -0.25) is 4.79 Å². The van der Waals surface area contributed by atoms with Crippen molar-refractivity contribution in [2.45, 2.75) is 25.2 Å². The van der Waals surface area contributed by atoms with Gasteiger partial charge < -0.3 is 14.8 Å². The summed E-state index contributed by atoms with van der Waals surface area (Å²) in [6.45, 7) is 3.87. The molecule has 0 bridgehead atoms. The van der Waals surface area contributed by atoms with Crippen LogP contribution in [0.15, 0.2) is 33.6 Å². The highest BCUT2D eigenvalue weighted by Crippen LogP contribution is 2.33. The molecule has 7 nitrogen and oxygen atoms in total. The van der Waals surface area contributed by atoms with Crippen molar-refractivity contribution in [2.75, 3.05) is 27.8 Å². The minimum Gasteiger partial charge on any atom is -0.493 e. The normalized spacial score (nSPS) is 11.2. The quantitative estimate of drug-likeness (QED) is 0.600. The molecule has 0 heterocycles. The first-order valence-corrected chi connectivity index (χ1v) is 11.2. The van der Waals surface area contributed by atoms with Gasteiger partial charge >= 0.3 is 0 Å². The summed E-state index contributed by atoms with van der Waals surface area (Å²) in [6, 6.07) is 6.75. The van der Waals surface area contributed by atoms with Crippen molar-refractivity contribution in [3.8, 4) is 11.5 Å². The van der Waals surface area contributed by atoms with Crippen LogP contribution in [0.1, 0.15) is 27.0 Å². The van der Waals surface area contributed by atoms with Gasteiger partial charge in [-0.15, -0.1) is 0 Å². The topological polar surface area (TPSA) is 93.7 Å². The molecule has 29 heavy (non-hydrogen) atoms. The summed E-state index contributed by atoms with van der Waals surface area (Å²) >= 11 is 3.50. The van der Waals surface area contributed by atoms with Gasteiger partial charge in [0.05, 0.1) is 19.1 Å². The molecule has 2 aromatic carbocycles. The average Bonchev–Trinajstić information content (AvgIpc) is 2.70. The second kappa shape index (κ2) is 9.60. The molecule has 0 aliphatic rings. The van der Waals surface area contributed by atoms with Crippen LogP contribution in [-0.2, 0) is 16.4 Å². The Morgan fingerprint density at radius 1 is 1.07 bits per heavy atom. The van der Waals surface area contributed by atoms with E-state index in [1.54, 1.807) is 34.1 Å². The lowest BCUT2D eigenvalue weighted by Gasteiger charge is -2.14. The van der Waals surface area contributed by atoms with Crippen LogP contribution in [0.5, 0.6) is 11.5 Å². The van der Waals surface area contributed by atoms with Gasteiger partial charge in [-0.2, -0.15) is 0 Å². The summed E-state index contributed by atoms with van der Waals surface area (Å²) in [5.41, 5.74) is 2.59. The van der Waals surface area contributed by atoms with Crippen LogP contribution < -0.4 is 19.5 Å².